The summed E-state index contributed by atoms with van der Waals surface area (Å²) in [4.78, 5) is 45.1. The van der Waals surface area contributed by atoms with Crippen LogP contribution in [0.3, 0.4) is 0 Å². The molecule has 4 aromatic rings. The van der Waals surface area contributed by atoms with Crippen LogP contribution in [0.5, 0.6) is 0 Å². The largest absolute Gasteiger partial charge is 0.333 e. The number of thiol groups is 1. The van der Waals surface area contributed by atoms with Crippen molar-refractivity contribution in [1.29, 1.82) is 0 Å². The molecule has 4 aromatic carbocycles. The number of anilines is 1. The monoisotopic (exact) mass is 654 g/mol. The Kier molecular flexibility index (Phi) is 9.69. The molecule has 2 aliphatic rings. The molecular weight excluding hydrogens is 616 g/mol. The van der Waals surface area contributed by atoms with Crippen molar-refractivity contribution in [2.45, 2.75) is 45.1 Å². The van der Waals surface area contributed by atoms with E-state index in [1.54, 1.807) is 44.1 Å². The van der Waals surface area contributed by atoms with E-state index in [0.717, 1.165) is 27.5 Å². The average molecular weight is 655 g/mol. The third-order valence-electron chi connectivity index (χ3n) is 8.68. The van der Waals surface area contributed by atoms with Crippen molar-refractivity contribution in [3.63, 3.8) is 0 Å². The first-order valence-electron chi connectivity index (χ1n) is 15.7. The number of urea groups is 1. The van der Waals surface area contributed by atoms with Crippen molar-refractivity contribution in [3.05, 3.63) is 114 Å². The van der Waals surface area contributed by atoms with Crippen molar-refractivity contribution in [3.8, 4) is 0 Å². The van der Waals surface area contributed by atoms with Crippen LogP contribution in [0.15, 0.2) is 97.1 Å². The Hall–Kier alpha value is -4.94. The van der Waals surface area contributed by atoms with E-state index in [2.05, 4.69) is 10.0 Å². The van der Waals surface area contributed by atoms with Crippen molar-refractivity contribution in [2.75, 3.05) is 24.4 Å². The lowest BCUT2D eigenvalue weighted by atomic mass is 9.99. The second kappa shape index (κ2) is 14.2. The Morgan fingerprint density at radius 2 is 1.62 bits per heavy atom. The van der Waals surface area contributed by atoms with Crippen LogP contribution in [-0.4, -0.2) is 77.9 Å². The Morgan fingerprint density at radius 1 is 0.894 bits per heavy atom. The molecule has 0 radical (unpaired) electrons. The van der Waals surface area contributed by atoms with Gasteiger partial charge in [-0.1, -0.05) is 91.9 Å². The molecule has 12 heteroatoms. The molecule has 0 unspecified atom stereocenters. The topological polar surface area (TPSA) is 122 Å². The average Bonchev–Trinajstić information content (AvgIpc) is 3.40. The molecule has 0 saturated carbocycles. The molecule has 0 bridgehead atoms. The minimum atomic E-state index is -2.81. The minimum Gasteiger partial charge on any atom is -0.333 e. The molecule has 2 heterocycles. The molecule has 11 nitrogen and oxygen atoms in total. The summed E-state index contributed by atoms with van der Waals surface area (Å²) in [7, 11) is -2.81. The Balaban J connectivity index is 1.31. The number of fused-ring (bicyclic) bond motifs is 2. The van der Waals surface area contributed by atoms with Crippen LogP contribution >= 0.6 is 0 Å². The standard InChI is InChI=1S/C35H38N6O5S/c1-2-19-39(35(44)36-21-26-9-4-3-5-10-26)40-24-33(42)41-31(20-25-15-17-29(18-16-25)37-47(45)46)34(43)38(23-32(40)41)22-28-13-8-12-27-11-6-7-14-30(27)28/h3-18,31-32,47H,2,19-24H2,1H3,(H,36,44)(H,37,45,46)/t31-,32+/m0/s1. The van der Waals surface area contributed by atoms with Gasteiger partial charge in [-0.05, 0) is 46.0 Å². The first-order chi connectivity index (χ1) is 22.8. The third kappa shape index (κ3) is 7.08. The zero-order valence-corrected chi connectivity index (χ0v) is 27.0. The smallest absolute Gasteiger partial charge is 0.332 e. The van der Waals surface area contributed by atoms with Gasteiger partial charge in [0.05, 0.1) is 13.1 Å². The van der Waals surface area contributed by atoms with Crippen LogP contribution in [0.25, 0.3) is 10.8 Å². The maximum atomic E-state index is 14.3. The number of nitrogens with zero attached hydrogens (tertiary/aromatic N) is 4. The summed E-state index contributed by atoms with van der Waals surface area (Å²) in [6.45, 7) is 3.27. The number of rotatable bonds is 11. The van der Waals surface area contributed by atoms with Crippen LogP contribution < -0.4 is 10.0 Å². The minimum absolute atomic E-state index is 0.0330. The molecule has 2 fully saturated rings. The Labute approximate surface area is 275 Å². The van der Waals surface area contributed by atoms with Gasteiger partial charge in [-0.25, -0.2) is 13.2 Å². The van der Waals surface area contributed by atoms with Crippen LogP contribution in [0.4, 0.5) is 10.5 Å². The second-order valence-corrected chi connectivity index (χ2v) is 12.5. The van der Waals surface area contributed by atoms with Crippen molar-refractivity contribution >= 4 is 45.2 Å². The number of carbonyl (C=O) groups excluding carboxylic acids is 3. The maximum Gasteiger partial charge on any atom is 0.332 e. The number of benzene rings is 4. The lowest BCUT2D eigenvalue weighted by Crippen LogP contribution is -2.66. The van der Waals surface area contributed by atoms with E-state index in [9.17, 15) is 22.8 Å². The van der Waals surface area contributed by atoms with Gasteiger partial charge in [0.15, 0.2) is 0 Å². The molecular formula is C35H38N6O5S. The van der Waals surface area contributed by atoms with Gasteiger partial charge in [-0.3, -0.25) is 19.3 Å². The van der Waals surface area contributed by atoms with E-state index < -0.39 is 23.1 Å². The number of hydrazine groups is 1. The lowest BCUT2D eigenvalue weighted by Gasteiger charge is -2.46. The van der Waals surface area contributed by atoms with Gasteiger partial charge in [0.1, 0.15) is 12.2 Å². The van der Waals surface area contributed by atoms with Gasteiger partial charge >= 0.3 is 6.03 Å². The van der Waals surface area contributed by atoms with Gasteiger partial charge in [0.25, 0.3) is 0 Å². The third-order valence-corrected chi connectivity index (χ3v) is 9.12. The lowest BCUT2D eigenvalue weighted by molar-refractivity contribution is -0.157. The first kappa shape index (κ1) is 32.0. The highest BCUT2D eigenvalue weighted by Gasteiger charge is 2.52. The molecule has 0 spiro atoms. The number of hydrogen-bond acceptors (Lipinski definition) is 6. The summed E-state index contributed by atoms with van der Waals surface area (Å²) in [6.07, 6.45) is 0.353. The molecule has 0 aromatic heterocycles. The highest BCUT2D eigenvalue weighted by Crippen LogP contribution is 2.31. The maximum absolute atomic E-state index is 14.3. The summed E-state index contributed by atoms with van der Waals surface area (Å²) in [5.74, 6) is -0.401. The molecule has 4 amide bonds. The summed E-state index contributed by atoms with van der Waals surface area (Å²) in [6, 6.07) is 29.4. The fourth-order valence-electron chi connectivity index (χ4n) is 6.49. The Morgan fingerprint density at radius 3 is 2.36 bits per heavy atom. The molecule has 2 saturated heterocycles. The van der Waals surface area contributed by atoms with E-state index in [4.69, 9.17) is 0 Å². The fraction of sp³-hybridized carbons (Fsp3) is 0.286. The van der Waals surface area contributed by atoms with Crippen LogP contribution in [0, 0.1) is 0 Å². The van der Waals surface area contributed by atoms with Crippen molar-refractivity contribution in [2.24, 2.45) is 0 Å². The van der Waals surface area contributed by atoms with E-state index in [1.807, 2.05) is 79.7 Å². The normalized spacial score (nSPS) is 18.1. The first-order valence-corrected chi connectivity index (χ1v) is 16.9. The second-order valence-electron chi connectivity index (χ2n) is 11.8. The molecule has 2 N–H and O–H groups in total. The van der Waals surface area contributed by atoms with E-state index >= 15 is 0 Å². The molecule has 47 heavy (non-hydrogen) atoms. The van der Waals surface area contributed by atoms with Gasteiger partial charge < -0.3 is 15.1 Å². The SMILES string of the molecule is CCCN(C(=O)NCc1ccccc1)N1CC(=O)N2[C@@H](Cc3ccc(N[SH](=O)=O)cc3)C(=O)N(Cc3cccc4ccccc34)C[C@@H]21. The quantitative estimate of drug-likeness (QED) is 0.212. The summed E-state index contributed by atoms with van der Waals surface area (Å²) >= 11 is 0. The van der Waals surface area contributed by atoms with E-state index in [1.165, 1.54) is 0 Å². The molecule has 0 aliphatic carbocycles. The summed E-state index contributed by atoms with van der Waals surface area (Å²) in [5.41, 5.74) is 3.14. The number of amides is 4. The number of nitrogens with one attached hydrogen (secondary N) is 2. The van der Waals surface area contributed by atoms with Crippen LogP contribution in [0.2, 0.25) is 0 Å². The highest BCUT2D eigenvalue weighted by molar-refractivity contribution is 7.73. The summed E-state index contributed by atoms with van der Waals surface area (Å²) in [5, 5.41) is 8.54. The van der Waals surface area contributed by atoms with Gasteiger partial charge in [0, 0.05) is 31.7 Å². The zero-order chi connectivity index (χ0) is 32.9. The fourth-order valence-corrected chi connectivity index (χ4v) is 6.85. The highest BCUT2D eigenvalue weighted by atomic mass is 32.2. The molecule has 2 atom stereocenters. The Bertz CT molecular complexity index is 1820. The zero-order valence-electron chi connectivity index (χ0n) is 26.1. The van der Waals surface area contributed by atoms with E-state index in [-0.39, 0.29) is 37.4 Å². The number of piperazine rings is 1. The van der Waals surface area contributed by atoms with E-state index in [0.29, 0.717) is 31.7 Å². The van der Waals surface area contributed by atoms with Crippen molar-refractivity contribution in [1.82, 2.24) is 25.1 Å². The predicted molar refractivity (Wildman–Crippen MR) is 180 cm³/mol. The van der Waals surface area contributed by atoms with Crippen molar-refractivity contribution < 1.29 is 22.8 Å². The van der Waals surface area contributed by atoms with Crippen LogP contribution in [0.1, 0.15) is 30.0 Å². The predicted octanol–water partition coefficient (Wildman–Crippen LogP) is 3.74. The number of carbonyl (C=O) groups is 3. The summed E-state index contributed by atoms with van der Waals surface area (Å²) < 4.78 is 24.6. The van der Waals surface area contributed by atoms with Gasteiger partial charge in [0.2, 0.25) is 22.7 Å². The van der Waals surface area contributed by atoms with Gasteiger partial charge in [-0.2, -0.15) is 5.01 Å². The molecule has 2 aliphatic heterocycles. The molecule has 244 valence electrons. The number of hydrogen-bond donors (Lipinski definition) is 3. The van der Waals surface area contributed by atoms with Gasteiger partial charge in [-0.15, -0.1) is 0 Å². The van der Waals surface area contributed by atoms with Crippen LogP contribution in [-0.2, 0) is 40.0 Å². The molecule has 6 rings (SSSR count).